The van der Waals surface area contributed by atoms with Crippen LogP contribution in [0.2, 0.25) is 0 Å². The maximum Gasteiger partial charge on any atom is 0.136 e. The van der Waals surface area contributed by atoms with Gasteiger partial charge in [0, 0.05) is 37.8 Å². The van der Waals surface area contributed by atoms with Gasteiger partial charge in [-0.2, -0.15) is 0 Å². The van der Waals surface area contributed by atoms with E-state index in [9.17, 15) is 0 Å². The molecule has 0 unspecified atom stereocenters. The highest BCUT2D eigenvalue weighted by Gasteiger charge is 2.08. The van der Waals surface area contributed by atoms with Crippen LogP contribution in [0, 0.1) is 0 Å². The summed E-state index contributed by atoms with van der Waals surface area (Å²) in [5, 5.41) is 5.73. The Bertz CT molecular complexity index is 569. The van der Waals surface area contributed by atoms with Gasteiger partial charge < -0.3 is 15.0 Å². The van der Waals surface area contributed by atoms with E-state index >= 15 is 0 Å². The summed E-state index contributed by atoms with van der Waals surface area (Å²) in [6.07, 6.45) is 1.85. The standard InChI is InChI=1S/C16H23N3O/c1-12(2)17-9-10-19(3)16-15-6-5-14(20-4)11-13(15)7-8-18-16/h5-8,11-12,17H,9-10H2,1-4H3. The monoisotopic (exact) mass is 273 g/mol. The summed E-state index contributed by atoms with van der Waals surface area (Å²) in [5.74, 6) is 1.88. The van der Waals surface area contributed by atoms with Crippen molar-refractivity contribution in [2.45, 2.75) is 19.9 Å². The average Bonchev–Trinajstić information content (AvgIpc) is 2.45. The van der Waals surface area contributed by atoms with Gasteiger partial charge in [-0.05, 0) is 29.7 Å². The molecule has 1 N–H and O–H groups in total. The van der Waals surface area contributed by atoms with E-state index in [0.29, 0.717) is 6.04 Å². The maximum absolute atomic E-state index is 5.27. The summed E-state index contributed by atoms with van der Waals surface area (Å²) >= 11 is 0. The minimum absolute atomic E-state index is 0.508. The zero-order valence-corrected chi connectivity index (χ0v) is 12.7. The van der Waals surface area contributed by atoms with E-state index in [0.717, 1.165) is 35.4 Å². The Morgan fingerprint density at radius 1 is 1.30 bits per heavy atom. The molecule has 20 heavy (non-hydrogen) atoms. The first-order valence-corrected chi connectivity index (χ1v) is 6.99. The Balaban J connectivity index is 2.20. The lowest BCUT2D eigenvalue weighted by Crippen LogP contribution is -2.33. The number of hydrogen-bond acceptors (Lipinski definition) is 4. The third-order valence-electron chi connectivity index (χ3n) is 3.31. The number of fused-ring (bicyclic) bond motifs is 1. The predicted octanol–water partition coefficient (Wildman–Crippen LogP) is 2.68. The molecule has 0 bridgehead atoms. The number of rotatable bonds is 6. The minimum atomic E-state index is 0.508. The maximum atomic E-state index is 5.27. The second kappa shape index (κ2) is 6.57. The lowest BCUT2D eigenvalue weighted by Gasteiger charge is -2.21. The highest BCUT2D eigenvalue weighted by Crippen LogP contribution is 2.26. The van der Waals surface area contributed by atoms with Crippen LogP contribution >= 0.6 is 0 Å². The molecule has 0 atom stereocenters. The second-order valence-corrected chi connectivity index (χ2v) is 5.25. The van der Waals surface area contributed by atoms with Crippen molar-refractivity contribution in [1.82, 2.24) is 10.3 Å². The lowest BCUT2D eigenvalue weighted by molar-refractivity contribution is 0.415. The molecular formula is C16H23N3O. The minimum Gasteiger partial charge on any atom is -0.497 e. The van der Waals surface area contributed by atoms with E-state index < -0.39 is 0 Å². The number of anilines is 1. The van der Waals surface area contributed by atoms with Crippen molar-refractivity contribution < 1.29 is 4.74 Å². The molecule has 0 aliphatic heterocycles. The van der Waals surface area contributed by atoms with Gasteiger partial charge in [-0.15, -0.1) is 0 Å². The first kappa shape index (κ1) is 14.6. The van der Waals surface area contributed by atoms with Crippen molar-refractivity contribution in [3.8, 4) is 5.75 Å². The summed E-state index contributed by atoms with van der Waals surface area (Å²) < 4.78 is 5.27. The number of ether oxygens (including phenoxy) is 1. The van der Waals surface area contributed by atoms with E-state index in [1.165, 1.54) is 0 Å². The average molecular weight is 273 g/mol. The number of methoxy groups -OCH3 is 1. The molecule has 1 aromatic carbocycles. The van der Waals surface area contributed by atoms with E-state index in [1.807, 2.05) is 24.4 Å². The number of pyridine rings is 1. The fourth-order valence-electron chi connectivity index (χ4n) is 2.20. The van der Waals surface area contributed by atoms with Crippen molar-refractivity contribution in [3.05, 3.63) is 30.5 Å². The Hall–Kier alpha value is -1.81. The smallest absolute Gasteiger partial charge is 0.136 e. The summed E-state index contributed by atoms with van der Waals surface area (Å²) in [6, 6.07) is 8.62. The molecule has 0 aliphatic rings. The topological polar surface area (TPSA) is 37.4 Å². The number of hydrogen-bond donors (Lipinski definition) is 1. The van der Waals surface area contributed by atoms with Gasteiger partial charge in [-0.25, -0.2) is 4.98 Å². The van der Waals surface area contributed by atoms with Gasteiger partial charge in [0.1, 0.15) is 11.6 Å². The fraction of sp³-hybridized carbons (Fsp3) is 0.438. The van der Waals surface area contributed by atoms with Gasteiger partial charge in [0.15, 0.2) is 0 Å². The fourth-order valence-corrected chi connectivity index (χ4v) is 2.20. The zero-order valence-electron chi connectivity index (χ0n) is 12.7. The number of nitrogens with zero attached hydrogens (tertiary/aromatic N) is 2. The second-order valence-electron chi connectivity index (χ2n) is 5.25. The summed E-state index contributed by atoms with van der Waals surface area (Å²) in [5.41, 5.74) is 0. The Morgan fingerprint density at radius 3 is 2.80 bits per heavy atom. The highest BCUT2D eigenvalue weighted by molar-refractivity contribution is 5.92. The number of likely N-dealkylation sites (N-methyl/N-ethyl adjacent to an activating group) is 1. The molecule has 2 rings (SSSR count). The van der Waals surface area contributed by atoms with Crippen LogP contribution in [-0.4, -0.2) is 38.3 Å². The molecule has 0 aliphatic carbocycles. The van der Waals surface area contributed by atoms with Crippen LogP contribution in [0.1, 0.15) is 13.8 Å². The van der Waals surface area contributed by atoms with Gasteiger partial charge in [0.25, 0.3) is 0 Å². The quantitative estimate of drug-likeness (QED) is 0.878. The molecule has 0 amide bonds. The van der Waals surface area contributed by atoms with Crippen molar-refractivity contribution in [3.63, 3.8) is 0 Å². The van der Waals surface area contributed by atoms with Crippen molar-refractivity contribution in [1.29, 1.82) is 0 Å². The molecule has 4 heteroatoms. The van der Waals surface area contributed by atoms with Crippen LogP contribution in [0.5, 0.6) is 5.75 Å². The van der Waals surface area contributed by atoms with Crippen LogP contribution in [0.3, 0.4) is 0 Å². The van der Waals surface area contributed by atoms with Crippen LogP contribution in [0.15, 0.2) is 30.5 Å². The van der Waals surface area contributed by atoms with E-state index in [-0.39, 0.29) is 0 Å². The van der Waals surface area contributed by atoms with E-state index in [2.05, 4.69) is 42.2 Å². The van der Waals surface area contributed by atoms with Gasteiger partial charge in [-0.3, -0.25) is 0 Å². The number of nitrogens with one attached hydrogen (secondary N) is 1. The van der Waals surface area contributed by atoms with Crippen molar-refractivity contribution in [2.75, 3.05) is 32.1 Å². The third-order valence-corrected chi connectivity index (χ3v) is 3.31. The SMILES string of the molecule is COc1ccc2c(N(C)CCNC(C)C)nccc2c1. The van der Waals surface area contributed by atoms with Crippen molar-refractivity contribution >= 4 is 16.6 Å². The van der Waals surface area contributed by atoms with Gasteiger partial charge in [0.05, 0.1) is 7.11 Å². The predicted molar refractivity (Wildman–Crippen MR) is 84.7 cm³/mol. The van der Waals surface area contributed by atoms with Crippen LogP contribution in [0.4, 0.5) is 5.82 Å². The van der Waals surface area contributed by atoms with Crippen LogP contribution < -0.4 is 15.0 Å². The molecule has 108 valence electrons. The largest absolute Gasteiger partial charge is 0.497 e. The number of aromatic nitrogens is 1. The summed E-state index contributed by atoms with van der Waals surface area (Å²) in [4.78, 5) is 6.70. The van der Waals surface area contributed by atoms with E-state index in [4.69, 9.17) is 4.74 Å². The molecule has 0 saturated heterocycles. The molecule has 4 nitrogen and oxygen atoms in total. The molecular weight excluding hydrogens is 250 g/mol. The highest BCUT2D eigenvalue weighted by atomic mass is 16.5. The first-order valence-electron chi connectivity index (χ1n) is 6.99. The Labute approximate surface area is 120 Å². The molecule has 2 aromatic rings. The molecule has 0 saturated carbocycles. The third kappa shape index (κ3) is 3.39. The number of benzene rings is 1. The van der Waals surface area contributed by atoms with Gasteiger partial charge in [-0.1, -0.05) is 13.8 Å². The van der Waals surface area contributed by atoms with Gasteiger partial charge in [0.2, 0.25) is 0 Å². The van der Waals surface area contributed by atoms with Crippen molar-refractivity contribution in [2.24, 2.45) is 0 Å². The Morgan fingerprint density at radius 2 is 2.10 bits per heavy atom. The molecule has 0 radical (unpaired) electrons. The lowest BCUT2D eigenvalue weighted by atomic mass is 10.1. The molecule has 1 heterocycles. The van der Waals surface area contributed by atoms with Crippen LogP contribution in [-0.2, 0) is 0 Å². The van der Waals surface area contributed by atoms with Crippen LogP contribution in [0.25, 0.3) is 10.8 Å². The first-order chi connectivity index (χ1) is 9.61. The zero-order chi connectivity index (χ0) is 14.5. The summed E-state index contributed by atoms with van der Waals surface area (Å²) in [6.45, 7) is 6.18. The molecule has 0 spiro atoms. The molecule has 1 aromatic heterocycles. The van der Waals surface area contributed by atoms with Gasteiger partial charge >= 0.3 is 0 Å². The summed E-state index contributed by atoms with van der Waals surface area (Å²) in [7, 11) is 3.76. The molecule has 0 fully saturated rings. The normalized spacial score (nSPS) is 11.1. The Kier molecular flexibility index (Phi) is 4.79. The van der Waals surface area contributed by atoms with E-state index in [1.54, 1.807) is 7.11 Å².